The van der Waals surface area contributed by atoms with Crippen molar-refractivity contribution in [1.82, 2.24) is 5.48 Å². The van der Waals surface area contributed by atoms with Crippen LogP contribution in [0.25, 0.3) is 0 Å². The van der Waals surface area contributed by atoms with Gasteiger partial charge in [0.1, 0.15) is 0 Å². The normalized spacial score (nSPS) is 9.56. The lowest BCUT2D eigenvalue weighted by molar-refractivity contribution is -0.124. The Balaban J connectivity index is 2.34. The number of hydrogen-bond acceptors (Lipinski definition) is 3. The van der Waals surface area contributed by atoms with Crippen LogP contribution >= 0.6 is 11.6 Å². The molecule has 1 aromatic carbocycles. The molecule has 0 heterocycles. The number of rotatable bonds is 4. The molecule has 1 aromatic rings. The zero-order valence-corrected chi connectivity index (χ0v) is 8.95. The van der Waals surface area contributed by atoms with Crippen LogP contribution in [0.4, 0.5) is 10.5 Å². The minimum atomic E-state index is -0.674. The number of nitrogens with two attached hydrogens (primary N) is 1. The summed E-state index contributed by atoms with van der Waals surface area (Å²) in [5, 5.41) is 3.02. The molecule has 1 rings (SSSR count). The van der Waals surface area contributed by atoms with E-state index < -0.39 is 11.9 Å². The number of benzene rings is 1. The predicted molar refractivity (Wildman–Crippen MR) is 58.8 cm³/mol. The van der Waals surface area contributed by atoms with Gasteiger partial charge in [0.2, 0.25) is 5.91 Å². The number of halogens is 1. The van der Waals surface area contributed by atoms with E-state index >= 15 is 0 Å². The summed E-state index contributed by atoms with van der Waals surface area (Å²) >= 11 is 5.66. The molecule has 0 aromatic heterocycles. The molecule has 0 spiro atoms. The van der Waals surface area contributed by atoms with E-state index in [0.717, 1.165) is 0 Å². The molecule has 4 N–H and O–H groups in total. The number of urea groups is 1. The Kier molecular flexibility index (Phi) is 4.56. The number of carbonyl (C=O) groups is 2. The summed E-state index contributed by atoms with van der Waals surface area (Å²) in [6.07, 6.45) is 0. The van der Waals surface area contributed by atoms with E-state index in [2.05, 4.69) is 10.2 Å². The lowest BCUT2D eigenvalue weighted by Crippen LogP contribution is -2.32. The molecule has 0 aliphatic carbocycles. The van der Waals surface area contributed by atoms with Gasteiger partial charge in [-0.25, -0.2) is 10.3 Å². The number of amides is 3. The molecule has 0 radical (unpaired) electrons. The predicted octanol–water partition coefficient (Wildman–Crippen LogP) is 0.878. The van der Waals surface area contributed by atoms with Crippen molar-refractivity contribution in [3.63, 3.8) is 0 Å². The summed E-state index contributed by atoms with van der Waals surface area (Å²) in [7, 11) is 0. The number of hydroxylamine groups is 1. The highest BCUT2D eigenvalue weighted by Crippen LogP contribution is 2.12. The number of primary amides is 1. The summed E-state index contributed by atoms with van der Waals surface area (Å²) in [6.45, 7) is -0.381. The maximum atomic E-state index is 11.1. The molecule has 0 saturated carbocycles. The van der Waals surface area contributed by atoms with E-state index in [1.165, 1.54) is 0 Å². The largest absolute Gasteiger partial charge is 0.368 e. The van der Waals surface area contributed by atoms with Gasteiger partial charge >= 0.3 is 6.03 Å². The Morgan fingerprint density at radius 1 is 1.31 bits per heavy atom. The summed E-state index contributed by atoms with van der Waals surface area (Å²) in [6, 6.07) is 5.89. The van der Waals surface area contributed by atoms with Gasteiger partial charge in [-0.2, -0.15) is 0 Å². The fourth-order valence-electron chi connectivity index (χ4n) is 0.863. The minimum Gasteiger partial charge on any atom is -0.368 e. The van der Waals surface area contributed by atoms with Crippen molar-refractivity contribution in [2.45, 2.75) is 0 Å². The SMILES string of the molecule is NC(=O)CONC(=O)Nc1ccc(Cl)cc1. The second-order valence-corrected chi connectivity index (χ2v) is 3.25. The molecule has 3 amide bonds. The van der Waals surface area contributed by atoms with Gasteiger partial charge in [-0.1, -0.05) is 11.6 Å². The third-order valence-electron chi connectivity index (χ3n) is 1.48. The second kappa shape index (κ2) is 5.94. The van der Waals surface area contributed by atoms with Crippen molar-refractivity contribution in [2.24, 2.45) is 5.73 Å². The first-order valence-electron chi connectivity index (χ1n) is 4.30. The van der Waals surface area contributed by atoms with Gasteiger partial charge in [-0.05, 0) is 24.3 Å². The molecule has 0 aliphatic heterocycles. The van der Waals surface area contributed by atoms with Gasteiger partial charge in [0.05, 0.1) is 0 Å². The summed E-state index contributed by atoms with van der Waals surface area (Å²) in [5.74, 6) is -0.674. The van der Waals surface area contributed by atoms with Gasteiger partial charge in [-0.3, -0.25) is 9.63 Å². The molecule has 0 aliphatic rings. The maximum absolute atomic E-state index is 11.1. The standard InChI is InChI=1S/C9H10ClN3O3/c10-6-1-3-7(4-2-6)12-9(15)13-16-5-8(11)14/h1-4H,5H2,(H2,11,14)(H2,12,13,15). The van der Waals surface area contributed by atoms with Crippen LogP contribution in [0.1, 0.15) is 0 Å². The zero-order chi connectivity index (χ0) is 12.0. The average Bonchev–Trinajstić information content (AvgIpc) is 2.21. The molecule has 7 heteroatoms. The molecule has 16 heavy (non-hydrogen) atoms. The quantitative estimate of drug-likeness (QED) is 0.685. The van der Waals surface area contributed by atoms with Crippen LogP contribution in [0.15, 0.2) is 24.3 Å². The van der Waals surface area contributed by atoms with E-state index in [1.54, 1.807) is 24.3 Å². The minimum absolute atomic E-state index is 0.381. The molecule has 86 valence electrons. The molecule has 0 atom stereocenters. The Hall–Kier alpha value is -1.79. The number of nitrogens with one attached hydrogen (secondary N) is 2. The smallest absolute Gasteiger partial charge is 0.343 e. The van der Waals surface area contributed by atoms with Crippen molar-refractivity contribution >= 4 is 29.2 Å². The molecule has 6 nitrogen and oxygen atoms in total. The van der Waals surface area contributed by atoms with E-state index in [0.29, 0.717) is 10.7 Å². The Morgan fingerprint density at radius 2 is 1.94 bits per heavy atom. The monoisotopic (exact) mass is 243 g/mol. The lowest BCUT2D eigenvalue weighted by atomic mass is 10.3. The van der Waals surface area contributed by atoms with E-state index in [4.69, 9.17) is 17.3 Å². The van der Waals surface area contributed by atoms with Gasteiger partial charge in [0, 0.05) is 10.7 Å². The van der Waals surface area contributed by atoms with Crippen molar-refractivity contribution < 1.29 is 14.4 Å². The number of anilines is 1. The first-order valence-corrected chi connectivity index (χ1v) is 4.68. The van der Waals surface area contributed by atoms with Crippen LogP contribution in [-0.2, 0) is 9.63 Å². The molecular formula is C9H10ClN3O3. The third kappa shape index (κ3) is 4.63. The Labute approximate surface area is 96.7 Å². The highest BCUT2D eigenvalue weighted by atomic mass is 35.5. The molecule has 0 saturated heterocycles. The van der Waals surface area contributed by atoms with E-state index in [9.17, 15) is 9.59 Å². The first-order chi connectivity index (χ1) is 7.58. The number of carbonyl (C=O) groups excluding carboxylic acids is 2. The fraction of sp³-hybridized carbons (Fsp3) is 0.111. The Morgan fingerprint density at radius 3 is 2.50 bits per heavy atom. The molecule has 0 bridgehead atoms. The highest BCUT2D eigenvalue weighted by Gasteiger charge is 2.02. The van der Waals surface area contributed by atoms with Crippen molar-refractivity contribution in [3.05, 3.63) is 29.3 Å². The summed E-state index contributed by atoms with van der Waals surface area (Å²) in [4.78, 5) is 25.9. The van der Waals surface area contributed by atoms with Crippen LogP contribution < -0.4 is 16.5 Å². The first kappa shape index (κ1) is 12.3. The molecular weight excluding hydrogens is 234 g/mol. The van der Waals surface area contributed by atoms with Gasteiger partial charge in [0.25, 0.3) is 0 Å². The molecule has 0 unspecified atom stereocenters. The second-order valence-electron chi connectivity index (χ2n) is 2.82. The third-order valence-corrected chi connectivity index (χ3v) is 1.73. The average molecular weight is 244 g/mol. The van der Waals surface area contributed by atoms with Crippen LogP contribution in [0.2, 0.25) is 5.02 Å². The topological polar surface area (TPSA) is 93.5 Å². The molecule has 0 fully saturated rings. The Bertz CT molecular complexity index is 380. The lowest BCUT2D eigenvalue weighted by Gasteiger charge is -2.06. The highest BCUT2D eigenvalue weighted by molar-refractivity contribution is 6.30. The van der Waals surface area contributed by atoms with Gasteiger partial charge in [0.15, 0.2) is 6.61 Å². The number of hydrogen-bond donors (Lipinski definition) is 3. The van der Waals surface area contributed by atoms with Crippen molar-refractivity contribution in [3.8, 4) is 0 Å². The van der Waals surface area contributed by atoms with Crippen molar-refractivity contribution in [1.29, 1.82) is 0 Å². The van der Waals surface area contributed by atoms with Crippen molar-refractivity contribution in [2.75, 3.05) is 11.9 Å². The maximum Gasteiger partial charge on any atom is 0.343 e. The fourth-order valence-corrected chi connectivity index (χ4v) is 0.989. The van der Waals surface area contributed by atoms with E-state index in [-0.39, 0.29) is 6.61 Å². The zero-order valence-electron chi connectivity index (χ0n) is 8.20. The van der Waals surface area contributed by atoms with Crippen LogP contribution in [0.3, 0.4) is 0 Å². The van der Waals surface area contributed by atoms with Gasteiger partial charge in [-0.15, -0.1) is 0 Å². The van der Waals surface area contributed by atoms with Gasteiger partial charge < -0.3 is 11.1 Å². The van der Waals surface area contributed by atoms with Crippen LogP contribution in [-0.4, -0.2) is 18.5 Å². The summed E-state index contributed by atoms with van der Waals surface area (Å²) < 4.78 is 0. The van der Waals surface area contributed by atoms with E-state index in [1.807, 2.05) is 5.48 Å². The van der Waals surface area contributed by atoms with Crippen LogP contribution in [0.5, 0.6) is 0 Å². The summed E-state index contributed by atoms with van der Waals surface area (Å²) in [5.41, 5.74) is 7.34. The van der Waals surface area contributed by atoms with Crippen LogP contribution in [0, 0.1) is 0 Å².